The van der Waals surface area contributed by atoms with E-state index in [4.69, 9.17) is 0 Å². The second-order valence-corrected chi connectivity index (χ2v) is 7.39. The molecule has 4 nitrogen and oxygen atoms in total. The molecule has 2 fully saturated rings. The summed E-state index contributed by atoms with van der Waals surface area (Å²) in [5, 5.41) is 2.96. The number of carbonyl (C=O) groups is 1. The summed E-state index contributed by atoms with van der Waals surface area (Å²) in [6.45, 7) is 0.862. The fraction of sp³-hybridized carbons (Fsp3) is 0.562. The molecule has 5 heteroatoms. The summed E-state index contributed by atoms with van der Waals surface area (Å²) in [5.41, 5.74) is 0.729. The van der Waals surface area contributed by atoms with Crippen molar-refractivity contribution in [3.63, 3.8) is 0 Å². The number of nitrogens with zero attached hydrogens (tertiary/aromatic N) is 1. The first-order chi connectivity index (χ1) is 10.1. The number of rotatable bonds is 2. The number of likely N-dealkylation sites (tertiary alicyclic amines) is 1. The number of fused-ring (bicyclic) bond motifs is 1. The van der Waals surface area contributed by atoms with Gasteiger partial charge in [-0.3, -0.25) is 4.21 Å². The summed E-state index contributed by atoms with van der Waals surface area (Å²) in [4.78, 5) is 15.2. The Morgan fingerprint density at radius 2 is 2.10 bits per heavy atom. The van der Waals surface area contributed by atoms with Gasteiger partial charge in [-0.05, 0) is 43.4 Å². The van der Waals surface area contributed by atoms with Crippen LogP contribution in [0.5, 0.6) is 0 Å². The zero-order valence-corrected chi connectivity index (χ0v) is 13.2. The predicted molar refractivity (Wildman–Crippen MR) is 84.9 cm³/mol. The molecule has 114 valence electrons. The van der Waals surface area contributed by atoms with E-state index in [-0.39, 0.29) is 6.03 Å². The maximum Gasteiger partial charge on any atom is 0.322 e. The van der Waals surface area contributed by atoms with Crippen LogP contribution in [0.3, 0.4) is 0 Å². The van der Waals surface area contributed by atoms with E-state index < -0.39 is 10.8 Å². The first-order valence-corrected chi connectivity index (χ1v) is 9.22. The molecule has 21 heavy (non-hydrogen) atoms. The average Bonchev–Trinajstić information content (AvgIpc) is 2.91. The van der Waals surface area contributed by atoms with Crippen LogP contribution in [0.2, 0.25) is 0 Å². The molecule has 1 aromatic carbocycles. The Balaban J connectivity index is 1.69. The third-order valence-corrected chi connectivity index (χ3v) is 5.61. The fourth-order valence-electron chi connectivity index (χ4n) is 3.61. The monoisotopic (exact) mass is 306 g/mol. The number of urea groups is 1. The highest BCUT2D eigenvalue weighted by Gasteiger charge is 2.38. The van der Waals surface area contributed by atoms with Crippen LogP contribution in [-0.2, 0) is 10.8 Å². The van der Waals surface area contributed by atoms with Gasteiger partial charge in [-0.15, -0.1) is 0 Å². The van der Waals surface area contributed by atoms with Crippen LogP contribution < -0.4 is 5.32 Å². The molecule has 2 amide bonds. The van der Waals surface area contributed by atoms with Crippen molar-refractivity contribution in [2.24, 2.45) is 5.92 Å². The van der Waals surface area contributed by atoms with Crippen molar-refractivity contribution in [2.45, 2.75) is 43.0 Å². The molecule has 3 atom stereocenters. The SMILES string of the molecule is C[S@@](=O)c1cccc(NC(=O)N2CC[C@@H]3CCCC[C@@H]32)c1. The molecule has 3 rings (SSSR count). The van der Waals surface area contributed by atoms with Gasteiger partial charge in [0.25, 0.3) is 0 Å². The highest BCUT2D eigenvalue weighted by molar-refractivity contribution is 7.84. The van der Waals surface area contributed by atoms with Crippen LogP contribution in [0.4, 0.5) is 10.5 Å². The number of anilines is 1. The van der Waals surface area contributed by atoms with Crippen LogP contribution in [0.15, 0.2) is 29.2 Å². The number of nitrogens with one attached hydrogen (secondary N) is 1. The minimum atomic E-state index is -1.03. The molecule has 1 aromatic rings. The van der Waals surface area contributed by atoms with E-state index >= 15 is 0 Å². The lowest BCUT2D eigenvalue weighted by Gasteiger charge is -2.31. The normalized spacial score (nSPS) is 26.2. The average molecular weight is 306 g/mol. The smallest absolute Gasteiger partial charge is 0.321 e. The largest absolute Gasteiger partial charge is 0.322 e. The molecule has 0 bridgehead atoms. The Bertz CT molecular complexity index is 561. The van der Waals surface area contributed by atoms with Gasteiger partial charge >= 0.3 is 6.03 Å². The first kappa shape index (κ1) is 14.6. The van der Waals surface area contributed by atoms with Gasteiger partial charge in [0.05, 0.1) is 0 Å². The second-order valence-electron chi connectivity index (χ2n) is 6.01. The van der Waals surface area contributed by atoms with Crippen molar-refractivity contribution in [1.82, 2.24) is 4.90 Å². The van der Waals surface area contributed by atoms with Gasteiger partial charge in [0, 0.05) is 40.2 Å². The molecule has 0 radical (unpaired) electrons. The fourth-order valence-corrected chi connectivity index (χ4v) is 4.17. The van der Waals surface area contributed by atoms with Crippen LogP contribution in [0.25, 0.3) is 0 Å². The summed E-state index contributed by atoms with van der Waals surface area (Å²) >= 11 is 0. The summed E-state index contributed by atoms with van der Waals surface area (Å²) in [6, 6.07) is 7.70. The Labute approximate surface area is 128 Å². The minimum Gasteiger partial charge on any atom is -0.321 e. The molecule has 2 aliphatic rings. The number of benzene rings is 1. The molecule has 0 aromatic heterocycles. The van der Waals surface area contributed by atoms with Crippen LogP contribution in [0.1, 0.15) is 32.1 Å². The number of carbonyl (C=O) groups excluding carboxylic acids is 1. The van der Waals surface area contributed by atoms with Crippen molar-refractivity contribution in [3.8, 4) is 0 Å². The van der Waals surface area contributed by atoms with Crippen molar-refractivity contribution in [3.05, 3.63) is 24.3 Å². The molecule has 1 N–H and O–H groups in total. The molecule has 1 heterocycles. The molecule has 1 saturated carbocycles. The van der Waals surface area contributed by atoms with Gasteiger partial charge in [0.15, 0.2) is 0 Å². The van der Waals surface area contributed by atoms with E-state index in [0.717, 1.165) is 30.0 Å². The van der Waals surface area contributed by atoms with Gasteiger partial charge in [0.1, 0.15) is 0 Å². The quantitative estimate of drug-likeness (QED) is 0.912. The Hall–Kier alpha value is -1.36. The highest BCUT2D eigenvalue weighted by Crippen LogP contribution is 2.36. The van der Waals surface area contributed by atoms with Gasteiger partial charge in [0.2, 0.25) is 0 Å². The van der Waals surface area contributed by atoms with Gasteiger partial charge in [-0.2, -0.15) is 0 Å². The lowest BCUT2D eigenvalue weighted by molar-refractivity contribution is 0.182. The molecule has 1 saturated heterocycles. The van der Waals surface area contributed by atoms with Crippen molar-refractivity contribution in [1.29, 1.82) is 0 Å². The minimum absolute atomic E-state index is 0.0107. The second kappa shape index (κ2) is 6.18. The lowest BCUT2D eigenvalue weighted by atomic mass is 9.85. The van der Waals surface area contributed by atoms with Crippen molar-refractivity contribution < 1.29 is 9.00 Å². The van der Waals surface area contributed by atoms with E-state index in [1.807, 2.05) is 23.1 Å². The maximum atomic E-state index is 12.5. The van der Waals surface area contributed by atoms with E-state index in [1.54, 1.807) is 12.3 Å². The predicted octanol–water partition coefficient (Wildman–Crippen LogP) is 3.22. The van der Waals surface area contributed by atoms with Gasteiger partial charge in [-0.1, -0.05) is 18.9 Å². The molecule has 0 spiro atoms. The van der Waals surface area contributed by atoms with Crippen LogP contribution in [0, 0.1) is 5.92 Å². The van der Waals surface area contributed by atoms with Crippen molar-refractivity contribution in [2.75, 3.05) is 18.1 Å². The molecule has 1 aliphatic carbocycles. The lowest BCUT2D eigenvalue weighted by Crippen LogP contribution is -2.41. The molecule has 1 aliphatic heterocycles. The highest BCUT2D eigenvalue weighted by atomic mass is 32.2. The molecular formula is C16H22N2O2S. The maximum absolute atomic E-state index is 12.5. The molecular weight excluding hydrogens is 284 g/mol. The van der Waals surface area contributed by atoms with E-state index in [0.29, 0.717) is 12.0 Å². The molecule has 0 unspecified atom stereocenters. The van der Waals surface area contributed by atoms with Crippen LogP contribution >= 0.6 is 0 Å². The van der Waals surface area contributed by atoms with E-state index in [1.165, 1.54) is 19.3 Å². The van der Waals surface area contributed by atoms with Crippen molar-refractivity contribution >= 4 is 22.5 Å². The standard InChI is InChI=1S/C16H22N2O2S/c1-21(20)14-7-4-6-13(11-14)17-16(19)18-10-9-12-5-2-3-8-15(12)18/h4,6-7,11-12,15H,2-3,5,8-10H2,1H3,(H,17,19)/t12-,15-,21+/m0/s1. The summed E-state index contributed by atoms with van der Waals surface area (Å²) in [5.74, 6) is 0.693. The Morgan fingerprint density at radius 3 is 2.90 bits per heavy atom. The third kappa shape index (κ3) is 3.12. The summed E-state index contributed by atoms with van der Waals surface area (Å²) < 4.78 is 11.5. The zero-order chi connectivity index (χ0) is 14.8. The summed E-state index contributed by atoms with van der Waals surface area (Å²) in [6.07, 6.45) is 7.72. The first-order valence-electron chi connectivity index (χ1n) is 7.66. The summed E-state index contributed by atoms with van der Waals surface area (Å²) in [7, 11) is -1.03. The number of hydrogen-bond acceptors (Lipinski definition) is 2. The Morgan fingerprint density at radius 1 is 1.29 bits per heavy atom. The Kier molecular flexibility index (Phi) is 4.29. The third-order valence-electron chi connectivity index (χ3n) is 4.69. The van der Waals surface area contributed by atoms with E-state index in [2.05, 4.69) is 5.32 Å². The topological polar surface area (TPSA) is 49.4 Å². The van der Waals surface area contributed by atoms with Gasteiger partial charge in [-0.25, -0.2) is 4.79 Å². The van der Waals surface area contributed by atoms with Crippen LogP contribution in [-0.4, -0.2) is 34.0 Å². The van der Waals surface area contributed by atoms with E-state index in [9.17, 15) is 9.00 Å². The zero-order valence-electron chi connectivity index (χ0n) is 12.4. The van der Waals surface area contributed by atoms with Gasteiger partial charge < -0.3 is 10.2 Å². The number of amides is 2. The number of hydrogen-bond donors (Lipinski definition) is 1.